The predicted octanol–water partition coefficient (Wildman–Crippen LogP) is 7.16. The van der Waals surface area contributed by atoms with Crippen LogP contribution in [0.1, 0.15) is 53.5 Å². The van der Waals surface area contributed by atoms with Crippen LogP contribution in [0.25, 0.3) is 0 Å². The SMILES string of the molecule is Cc1ccc(N(CC(=O)N(Cc2ccccc2C)C(Cc2ccccc2)C(=O)NC2CCCC2)S(=O)(=O)c2ccc(Cl)cc2)cc1C. The molecule has 5 rings (SSSR count). The summed E-state index contributed by atoms with van der Waals surface area (Å²) in [7, 11) is -4.21. The fourth-order valence-corrected chi connectivity index (χ4v) is 7.57. The highest BCUT2D eigenvalue weighted by Gasteiger charge is 2.35. The standard InChI is InChI=1S/C38H42ClN3O4S/c1-27-17-20-34(23-29(27)3)42(47(45,46)35-21-18-32(39)19-22-35)26-37(43)41(25-31-14-8-7-11-28(31)2)36(24-30-12-5-4-6-13-30)38(44)40-33-15-9-10-16-33/h4-8,11-14,17-23,33,36H,9-10,15-16,24-26H2,1-3H3,(H,40,44). The first-order chi connectivity index (χ1) is 22.5. The summed E-state index contributed by atoms with van der Waals surface area (Å²) in [6.07, 6.45) is 4.18. The number of hydrogen-bond donors (Lipinski definition) is 1. The molecule has 1 aliphatic rings. The summed E-state index contributed by atoms with van der Waals surface area (Å²) in [5, 5.41) is 3.62. The van der Waals surface area contributed by atoms with Crippen LogP contribution in [0.15, 0.2) is 102 Å². The smallest absolute Gasteiger partial charge is 0.264 e. The Balaban J connectivity index is 1.58. The Labute approximate surface area is 283 Å². The molecule has 47 heavy (non-hydrogen) atoms. The molecule has 7 nitrogen and oxygen atoms in total. The zero-order valence-electron chi connectivity index (χ0n) is 27.2. The van der Waals surface area contributed by atoms with Gasteiger partial charge >= 0.3 is 0 Å². The largest absolute Gasteiger partial charge is 0.352 e. The Morgan fingerprint density at radius 3 is 2.15 bits per heavy atom. The zero-order valence-corrected chi connectivity index (χ0v) is 28.7. The van der Waals surface area contributed by atoms with Crippen LogP contribution in [0.4, 0.5) is 5.69 Å². The van der Waals surface area contributed by atoms with Crippen molar-refractivity contribution in [3.05, 3.63) is 130 Å². The van der Waals surface area contributed by atoms with Crippen molar-refractivity contribution in [3.63, 3.8) is 0 Å². The summed E-state index contributed by atoms with van der Waals surface area (Å²) in [5.41, 5.74) is 5.01. The number of anilines is 1. The lowest BCUT2D eigenvalue weighted by Gasteiger charge is -2.34. The van der Waals surface area contributed by atoms with Gasteiger partial charge in [-0.05, 0) is 97.8 Å². The second-order valence-electron chi connectivity index (χ2n) is 12.4. The van der Waals surface area contributed by atoms with E-state index in [1.54, 1.807) is 17.0 Å². The van der Waals surface area contributed by atoms with Gasteiger partial charge in [0.25, 0.3) is 10.0 Å². The second kappa shape index (κ2) is 15.2. The molecule has 1 N–H and O–H groups in total. The molecule has 1 aliphatic carbocycles. The van der Waals surface area contributed by atoms with Crippen molar-refractivity contribution in [2.75, 3.05) is 10.8 Å². The van der Waals surface area contributed by atoms with Crippen LogP contribution in [-0.4, -0.2) is 43.8 Å². The lowest BCUT2D eigenvalue weighted by Crippen LogP contribution is -2.54. The highest BCUT2D eigenvalue weighted by atomic mass is 35.5. The van der Waals surface area contributed by atoms with Crippen LogP contribution >= 0.6 is 11.6 Å². The van der Waals surface area contributed by atoms with E-state index in [1.807, 2.05) is 81.4 Å². The van der Waals surface area contributed by atoms with Crippen molar-refractivity contribution < 1.29 is 18.0 Å². The van der Waals surface area contributed by atoms with Crippen LogP contribution in [0.2, 0.25) is 5.02 Å². The first-order valence-electron chi connectivity index (χ1n) is 16.1. The molecule has 4 aromatic rings. The van der Waals surface area contributed by atoms with Gasteiger partial charge in [-0.25, -0.2) is 8.42 Å². The van der Waals surface area contributed by atoms with E-state index in [9.17, 15) is 18.0 Å². The van der Waals surface area contributed by atoms with Gasteiger partial charge in [0.15, 0.2) is 0 Å². The van der Waals surface area contributed by atoms with E-state index < -0.39 is 28.5 Å². The second-order valence-corrected chi connectivity index (χ2v) is 14.7. The average Bonchev–Trinajstić information content (AvgIpc) is 3.57. The monoisotopic (exact) mass is 671 g/mol. The number of rotatable bonds is 12. The molecule has 0 bridgehead atoms. The van der Waals surface area contributed by atoms with Gasteiger partial charge in [0, 0.05) is 24.0 Å². The molecular formula is C38H42ClN3O4S. The minimum Gasteiger partial charge on any atom is -0.352 e. The third-order valence-corrected chi connectivity index (χ3v) is 11.1. The molecule has 0 saturated heterocycles. The van der Waals surface area contributed by atoms with Crippen molar-refractivity contribution >= 4 is 39.1 Å². The molecule has 1 saturated carbocycles. The lowest BCUT2D eigenvalue weighted by molar-refractivity contribution is -0.140. The first kappa shape index (κ1) is 34.2. The Kier molecular flexibility index (Phi) is 11.0. The number of carbonyl (C=O) groups is 2. The van der Waals surface area contributed by atoms with Gasteiger partial charge < -0.3 is 10.2 Å². The number of aryl methyl sites for hydroxylation is 3. The quantitative estimate of drug-likeness (QED) is 0.173. The maximum absolute atomic E-state index is 14.7. The van der Waals surface area contributed by atoms with Gasteiger partial charge in [-0.15, -0.1) is 0 Å². The van der Waals surface area contributed by atoms with Gasteiger partial charge in [0.1, 0.15) is 12.6 Å². The van der Waals surface area contributed by atoms with Crippen LogP contribution in [-0.2, 0) is 32.6 Å². The van der Waals surface area contributed by atoms with Crippen LogP contribution in [0, 0.1) is 20.8 Å². The minimum absolute atomic E-state index is 0.0122. The molecule has 2 amide bonds. The van der Waals surface area contributed by atoms with E-state index in [0.717, 1.165) is 57.8 Å². The summed E-state index contributed by atoms with van der Waals surface area (Å²) in [6, 6.07) is 27.8. The van der Waals surface area contributed by atoms with Gasteiger partial charge in [0.05, 0.1) is 10.6 Å². The summed E-state index contributed by atoms with van der Waals surface area (Å²) in [5.74, 6) is -0.715. The topological polar surface area (TPSA) is 86.8 Å². The van der Waals surface area contributed by atoms with E-state index in [-0.39, 0.29) is 29.8 Å². The summed E-state index contributed by atoms with van der Waals surface area (Å²) < 4.78 is 29.7. The van der Waals surface area contributed by atoms with Gasteiger partial charge in [-0.1, -0.05) is 85.1 Å². The third kappa shape index (κ3) is 8.42. The molecule has 0 radical (unpaired) electrons. The molecule has 1 fully saturated rings. The Bertz CT molecular complexity index is 1810. The summed E-state index contributed by atoms with van der Waals surface area (Å²) in [4.78, 5) is 30.5. The van der Waals surface area contributed by atoms with Crippen LogP contribution < -0.4 is 9.62 Å². The highest BCUT2D eigenvalue weighted by Crippen LogP contribution is 2.28. The lowest BCUT2D eigenvalue weighted by atomic mass is 10.0. The molecule has 9 heteroatoms. The van der Waals surface area contributed by atoms with Gasteiger partial charge in [-0.3, -0.25) is 13.9 Å². The van der Waals surface area contributed by atoms with E-state index in [4.69, 9.17) is 11.6 Å². The van der Waals surface area contributed by atoms with Crippen molar-refractivity contribution in [2.45, 2.75) is 76.4 Å². The molecule has 0 heterocycles. The molecule has 246 valence electrons. The normalized spacial score (nSPS) is 14.0. The predicted molar refractivity (Wildman–Crippen MR) is 188 cm³/mol. The fourth-order valence-electron chi connectivity index (χ4n) is 6.04. The molecule has 0 spiro atoms. The first-order valence-corrected chi connectivity index (χ1v) is 17.9. The maximum Gasteiger partial charge on any atom is 0.264 e. The molecule has 1 atom stereocenters. The van der Waals surface area contributed by atoms with Crippen molar-refractivity contribution in [1.82, 2.24) is 10.2 Å². The number of benzene rings is 4. The number of carbonyl (C=O) groups excluding carboxylic acids is 2. The molecular weight excluding hydrogens is 630 g/mol. The van der Waals surface area contributed by atoms with E-state index >= 15 is 0 Å². The molecule has 0 aliphatic heterocycles. The molecule has 1 unspecified atom stereocenters. The number of nitrogens with one attached hydrogen (secondary N) is 1. The van der Waals surface area contributed by atoms with Crippen LogP contribution in [0.5, 0.6) is 0 Å². The fraction of sp³-hybridized carbons (Fsp3) is 0.316. The van der Waals surface area contributed by atoms with E-state index in [1.165, 1.54) is 24.3 Å². The van der Waals surface area contributed by atoms with Gasteiger partial charge in [-0.2, -0.15) is 0 Å². The summed E-state index contributed by atoms with van der Waals surface area (Å²) >= 11 is 6.10. The Morgan fingerprint density at radius 2 is 1.49 bits per heavy atom. The van der Waals surface area contributed by atoms with Crippen molar-refractivity contribution in [3.8, 4) is 0 Å². The maximum atomic E-state index is 14.7. The number of sulfonamides is 1. The average molecular weight is 672 g/mol. The number of halogens is 1. The zero-order chi connectivity index (χ0) is 33.6. The number of amides is 2. The van der Waals surface area contributed by atoms with Crippen molar-refractivity contribution in [2.24, 2.45) is 0 Å². The van der Waals surface area contributed by atoms with E-state index in [0.29, 0.717) is 10.7 Å². The molecule has 4 aromatic carbocycles. The molecule has 0 aromatic heterocycles. The third-order valence-electron chi connectivity index (χ3n) is 9.03. The van der Waals surface area contributed by atoms with Crippen LogP contribution in [0.3, 0.4) is 0 Å². The number of hydrogen-bond acceptors (Lipinski definition) is 4. The van der Waals surface area contributed by atoms with Crippen molar-refractivity contribution in [1.29, 1.82) is 0 Å². The minimum atomic E-state index is -4.21. The number of nitrogens with zero attached hydrogens (tertiary/aromatic N) is 2. The Morgan fingerprint density at radius 1 is 0.830 bits per heavy atom. The highest BCUT2D eigenvalue weighted by molar-refractivity contribution is 7.92. The Hall–Kier alpha value is -4.14. The van der Waals surface area contributed by atoms with E-state index in [2.05, 4.69) is 5.32 Å². The summed E-state index contributed by atoms with van der Waals surface area (Å²) in [6.45, 7) is 5.46. The van der Waals surface area contributed by atoms with Gasteiger partial charge in [0.2, 0.25) is 11.8 Å².